The van der Waals surface area contributed by atoms with Gasteiger partial charge in [0.05, 0.1) is 18.4 Å². The monoisotopic (exact) mass is 415 g/mol. The summed E-state index contributed by atoms with van der Waals surface area (Å²) in [5.41, 5.74) is 3.05. The molecule has 0 saturated heterocycles. The summed E-state index contributed by atoms with van der Waals surface area (Å²) < 4.78 is 5.77. The third-order valence-electron chi connectivity index (χ3n) is 4.43. The van der Waals surface area contributed by atoms with Crippen LogP contribution < -0.4 is 9.64 Å². The summed E-state index contributed by atoms with van der Waals surface area (Å²) in [5, 5.41) is 9.49. The van der Waals surface area contributed by atoms with Crippen LogP contribution in [-0.2, 0) is 4.79 Å². The number of anilines is 1. The number of ether oxygens (including phenoxy) is 1. The number of para-hydroxylation sites is 1. The first-order chi connectivity index (χ1) is 12.4. The number of halogens is 1. The molecule has 2 aromatic carbocycles. The van der Waals surface area contributed by atoms with Crippen LogP contribution in [0.25, 0.3) is 4.48 Å². The van der Waals surface area contributed by atoms with E-state index in [9.17, 15) is 14.7 Å². The highest BCUT2D eigenvalue weighted by Gasteiger charge is 2.28. The van der Waals surface area contributed by atoms with Gasteiger partial charge in [-0.2, -0.15) is 0 Å². The predicted octanol–water partition coefficient (Wildman–Crippen LogP) is 4.24. The maximum Gasteiger partial charge on any atom is 0.332 e. The van der Waals surface area contributed by atoms with Crippen LogP contribution >= 0.6 is 15.9 Å². The highest BCUT2D eigenvalue weighted by Crippen LogP contribution is 2.38. The summed E-state index contributed by atoms with van der Waals surface area (Å²) in [4.78, 5) is 26.4. The van der Waals surface area contributed by atoms with E-state index in [1.165, 1.54) is 0 Å². The fourth-order valence-corrected chi connectivity index (χ4v) is 3.79. The van der Waals surface area contributed by atoms with Crippen LogP contribution in [0.2, 0.25) is 0 Å². The molecule has 0 saturated carbocycles. The predicted molar refractivity (Wildman–Crippen MR) is 104 cm³/mol. The van der Waals surface area contributed by atoms with Crippen molar-refractivity contribution in [3.63, 3.8) is 0 Å². The van der Waals surface area contributed by atoms with Crippen molar-refractivity contribution < 1.29 is 19.4 Å². The molecule has 1 aliphatic rings. The van der Waals surface area contributed by atoms with E-state index < -0.39 is 5.97 Å². The summed E-state index contributed by atoms with van der Waals surface area (Å²) in [6.07, 6.45) is 0.255. The summed E-state index contributed by atoms with van der Waals surface area (Å²) >= 11 is 3.41. The standard InChI is InChI=1S/C20H18BrNO4/c1-12-11-13(7-8-17(12)26-2)19(23)22-10-9-15(20(24)25)18(21)14-5-3-4-6-16(14)22/h3-8,11H,9-10H2,1-2H3,(H,24,25). The molecule has 0 spiro atoms. The van der Waals surface area contributed by atoms with Crippen molar-refractivity contribution in [2.75, 3.05) is 18.6 Å². The molecule has 1 aliphatic heterocycles. The molecule has 0 radical (unpaired) electrons. The largest absolute Gasteiger partial charge is 0.496 e. The van der Waals surface area contributed by atoms with Gasteiger partial charge < -0.3 is 14.7 Å². The summed E-state index contributed by atoms with van der Waals surface area (Å²) in [6.45, 7) is 2.17. The van der Waals surface area contributed by atoms with E-state index in [1.807, 2.05) is 31.2 Å². The van der Waals surface area contributed by atoms with Gasteiger partial charge in [-0.25, -0.2) is 4.79 Å². The number of carbonyl (C=O) groups is 2. The number of hydrogen-bond donors (Lipinski definition) is 1. The highest BCUT2D eigenvalue weighted by molar-refractivity contribution is 9.15. The van der Waals surface area contributed by atoms with Crippen molar-refractivity contribution in [1.29, 1.82) is 0 Å². The lowest BCUT2D eigenvalue weighted by atomic mass is 10.1. The van der Waals surface area contributed by atoms with Crippen molar-refractivity contribution in [3.8, 4) is 5.75 Å². The van der Waals surface area contributed by atoms with Gasteiger partial charge in [0.25, 0.3) is 5.91 Å². The third kappa shape index (κ3) is 3.24. The zero-order chi connectivity index (χ0) is 18.8. The van der Waals surface area contributed by atoms with Crippen LogP contribution in [-0.4, -0.2) is 30.6 Å². The topological polar surface area (TPSA) is 66.8 Å². The van der Waals surface area contributed by atoms with Gasteiger partial charge in [-0.05, 0) is 59.1 Å². The van der Waals surface area contributed by atoms with Crippen molar-refractivity contribution >= 4 is 38.0 Å². The van der Waals surface area contributed by atoms with Crippen molar-refractivity contribution in [2.24, 2.45) is 0 Å². The lowest BCUT2D eigenvalue weighted by Gasteiger charge is -2.23. The molecule has 0 atom stereocenters. The van der Waals surface area contributed by atoms with E-state index in [4.69, 9.17) is 4.74 Å². The Morgan fingerprint density at radius 2 is 1.92 bits per heavy atom. The molecule has 2 aromatic rings. The van der Waals surface area contributed by atoms with Gasteiger partial charge in [0.15, 0.2) is 0 Å². The zero-order valence-corrected chi connectivity index (χ0v) is 16.0. The number of methoxy groups -OCH3 is 1. The molecule has 1 N–H and O–H groups in total. The molecule has 0 unspecified atom stereocenters. The fourth-order valence-electron chi connectivity index (χ4n) is 3.09. The Morgan fingerprint density at radius 3 is 2.58 bits per heavy atom. The lowest BCUT2D eigenvalue weighted by molar-refractivity contribution is -0.132. The quantitative estimate of drug-likeness (QED) is 0.813. The third-order valence-corrected chi connectivity index (χ3v) is 5.33. The molecule has 3 rings (SSSR count). The van der Waals surface area contributed by atoms with Crippen LogP contribution in [0.1, 0.15) is 27.9 Å². The number of amides is 1. The number of aryl methyl sites for hydroxylation is 1. The first-order valence-electron chi connectivity index (χ1n) is 8.12. The zero-order valence-electron chi connectivity index (χ0n) is 14.5. The minimum atomic E-state index is -0.985. The SMILES string of the molecule is COc1ccc(C(=O)N2CCC(C(=O)O)=C(Br)c3ccccc32)cc1C. The number of benzene rings is 2. The molecular formula is C20H18BrNO4. The number of carbonyl (C=O) groups excluding carboxylic acids is 1. The Hall–Kier alpha value is -2.60. The summed E-state index contributed by atoms with van der Waals surface area (Å²) in [5.74, 6) is -0.438. The molecule has 0 aromatic heterocycles. The Kier molecular flexibility index (Phi) is 5.13. The normalized spacial score (nSPS) is 13.9. The maximum absolute atomic E-state index is 13.2. The molecule has 26 heavy (non-hydrogen) atoms. The van der Waals surface area contributed by atoms with Crippen molar-refractivity contribution in [1.82, 2.24) is 0 Å². The fraction of sp³-hybridized carbons (Fsp3) is 0.200. The molecule has 0 bridgehead atoms. The number of hydrogen-bond acceptors (Lipinski definition) is 3. The minimum absolute atomic E-state index is 0.171. The molecule has 0 aliphatic carbocycles. The van der Waals surface area contributed by atoms with Gasteiger partial charge in [0.2, 0.25) is 0 Å². The second kappa shape index (κ2) is 7.33. The van der Waals surface area contributed by atoms with E-state index in [0.29, 0.717) is 21.3 Å². The molecule has 134 valence electrons. The molecule has 1 heterocycles. The van der Waals surface area contributed by atoms with Crippen LogP contribution in [0.3, 0.4) is 0 Å². The summed E-state index contributed by atoms with van der Waals surface area (Å²) in [7, 11) is 1.59. The second-order valence-electron chi connectivity index (χ2n) is 6.01. The van der Waals surface area contributed by atoms with Crippen LogP contribution in [0, 0.1) is 6.92 Å². The van der Waals surface area contributed by atoms with Crippen LogP contribution in [0.15, 0.2) is 48.0 Å². The van der Waals surface area contributed by atoms with Gasteiger partial charge in [-0.1, -0.05) is 18.2 Å². The van der Waals surface area contributed by atoms with Gasteiger partial charge in [0.1, 0.15) is 5.75 Å². The Labute approximate surface area is 160 Å². The van der Waals surface area contributed by atoms with Gasteiger partial charge in [-0.15, -0.1) is 0 Å². The average molecular weight is 416 g/mol. The smallest absolute Gasteiger partial charge is 0.332 e. The first kappa shape index (κ1) is 18.2. The molecular weight excluding hydrogens is 398 g/mol. The number of rotatable bonds is 3. The second-order valence-corrected chi connectivity index (χ2v) is 6.80. The Balaban J connectivity index is 2.05. The van der Waals surface area contributed by atoms with E-state index in [0.717, 1.165) is 11.3 Å². The highest BCUT2D eigenvalue weighted by atomic mass is 79.9. The van der Waals surface area contributed by atoms with Crippen LogP contribution in [0.4, 0.5) is 5.69 Å². The number of carboxylic acid groups (broad SMARTS) is 1. The lowest BCUT2D eigenvalue weighted by Crippen LogP contribution is -2.32. The number of carboxylic acids is 1. The molecule has 1 amide bonds. The Bertz CT molecular complexity index is 920. The van der Waals surface area contributed by atoms with Gasteiger partial charge in [-0.3, -0.25) is 4.79 Å². The maximum atomic E-state index is 13.2. The van der Waals surface area contributed by atoms with Crippen molar-refractivity contribution in [3.05, 3.63) is 64.7 Å². The van der Waals surface area contributed by atoms with Crippen LogP contribution in [0.5, 0.6) is 5.75 Å². The van der Waals surface area contributed by atoms with E-state index in [-0.39, 0.29) is 24.4 Å². The van der Waals surface area contributed by atoms with E-state index in [1.54, 1.807) is 30.2 Å². The number of fused-ring (bicyclic) bond motifs is 1. The number of nitrogens with zero attached hydrogens (tertiary/aromatic N) is 1. The molecule has 6 heteroatoms. The average Bonchev–Trinajstić information content (AvgIpc) is 2.78. The van der Waals surface area contributed by atoms with E-state index >= 15 is 0 Å². The molecule has 0 fully saturated rings. The minimum Gasteiger partial charge on any atom is -0.496 e. The first-order valence-corrected chi connectivity index (χ1v) is 8.91. The molecule has 5 nitrogen and oxygen atoms in total. The number of aliphatic carboxylic acids is 1. The van der Waals surface area contributed by atoms with E-state index in [2.05, 4.69) is 15.9 Å². The van der Waals surface area contributed by atoms with Crippen molar-refractivity contribution in [2.45, 2.75) is 13.3 Å². The Morgan fingerprint density at radius 1 is 1.19 bits per heavy atom. The van der Waals surface area contributed by atoms with Gasteiger partial charge in [0, 0.05) is 22.2 Å². The summed E-state index contributed by atoms with van der Waals surface area (Å²) in [6, 6.07) is 12.6. The van der Waals surface area contributed by atoms with Gasteiger partial charge >= 0.3 is 5.97 Å².